The first-order valence-electron chi connectivity index (χ1n) is 9.30. The van der Waals surface area contributed by atoms with Crippen LogP contribution in [0.5, 0.6) is 0 Å². The van der Waals surface area contributed by atoms with Crippen LogP contribution in [0.1, 0.15) is 19.4 Å². The van der Waals surface area contributed by atoms with Crippen LogP contribution in [0.4, 0.5) is 19.1 Å². The smallest absolute Gasteiger partial charge is 0.376 e. The van der Waals surface area contributed by atoms with E-state index >= 15 is 0 Å². The third-order valence-electron chi connectivity index (χ3n) is 5.00. The lowest BCUT2D eigenvalue weighted by atomic mass is 9.99. The molecule has 172 valence electrons. The highest BCUT2D eigenvalue weighted by Gasteiger charge is 2.51. The van der Waals surface area contributed by atoms with E-state index in [-0.39, 0.29) is 35.6 Å². The SMILES string of the molecule is CC#CC1CN(S(=O)(=O)c2ccc(Cl)nc2)CCN1c1ncc(C(C)(O)C(F)(F)F)cn1. The van der Waals surface area contributed by atoms with Gasteiger partial charge in [-0.05, 0) is 26.0 Å². The van der Waals surface area contributed by atoms with E-state index in [9.17, 15) is 26.7 Å². The molecule has 2 aromatic rings. The summed E-state index contributed by atoms with van der Waals surface area (Å²) in [6.07, 6.45) is -1.94. The van der Waals surface area contributed by atoms with Gasteiger partial charge in [0.1, 0.15) is 16.1 Å². The van der Waals surface area contributed by atoms with Crippen LogP contribution < -0.4 is 4.90 Å². The Bertz CT molecular complexity index is 1130. The quantitative estimate of drug-likeness (QED) is 0.519. The molecule has 0 radical (unpaired) electrons. The predicted molar refractivity (Wildman–Crippen MR) is 110 cm³/mol. The maximum atomic E-state index is 13.0. The number of piperazine rings is 1. The molecule has 2 unspecified atom stereocenters. The molecule has 32 heavy (non-hydrogen) atoms. The minimum absolute atomic E-state index is 0.0167. The molecular weight excluding hydrogens is 471 g/mol. The zero-order chi connectivity index (χ0) is 23.7. The molecule has 3 heterocycles. The van der Waals surface area contributed by atoms with Crippen molar-refractivity contribution in [2.24, 2.45) is 0 Å². The Labute approximate surface area is 188 Å². The number of hydrogen-bond donors (Lipinski definition) is 1. The molecule has 0 aromatic carbocycles. The van der Waals surface area contributed by atoms with E-state index in [1.54, 1.807) is 11.8 Å². The van der Waals surface area contributed by atoms with Crippen molar-refractivity contribution in [3.05, 3.63) is 41.4 Å². The van der Waals surface area contributed by atoms with Gasteiger partial charge in [0.15, 0.2) is 5.60 Å². The maximum absolute atomic E-state index is 13.0. The van der Waals surface area contributed by atoms with Crippen LogP contribution in [0.2, 0.25) is 5.15 Å². The molecule has 1 saturated heterocycles. The monoisotopic (exact) mass is 489 g/mol. The Balaban J connectivity index is 1.84. The number of halogens is 4. The topological polar surface area (TPSA) is 99.5 Å². The Morgan fingerprint density at radius 3 is 2.34 bits per heavy atom. The van der Waals surface area contributed by atoms with Crippen molar-refractivity contribution < 1.29 is 26.7 Å². The standard InChI is InChI=1S/C19H19ClF3N5O3S/c1-3-4-14-12-27(32(30,31)15-5-6-16(20)24-11-15)7-8-28(14)17-25-9-13(10-26-17)18(2,29)19(21,22)23/h5-6,9-11,14,29H,7-8,12H2,1-2H3. The number of aliphatic hydroxyl groups is 1. The number of hydrogen-bond acceptors (Lipinski definition) is 7. The van der Waals surface area contributed by atoms with E-state index < -0.39 is 33.4 Å². The molecule has 0 amide bonds. The highest BCUT2D eigenvalue weighted by molar-refractivity contribution is 7.89. The Hall–Kier alpha value is -2.46. The number of alkyl halides is 3. The summed E-state index contributed by atoms with van der Waals surface area (Å²) in [5, 5.41) is 9.94. The first kappa shape index (κ1) is 24.2. The van der Waals surface area contributed by atoms with Gasteiger partial charge in [0.05, 0.1) is 0 Å². The van der Waals surface area contributed by atoms with Crippen molar-refractivity contribution in [1.82, 2.24) is 19.3 Å². The van der Waals surface area contributed by atoms with Crippen molar-refractivity contribution in [1.29, 1.82) is 0 Å². The summed E-state index contributed by atoms with van der Waals surface area (Å²) < 4.78 is 66.3. The van der Waals surface area contributed by atoms with Crippen molar-refractivity contribution in [3.63, 3.8) is 0 Å². The van der Waals surface area contributed by atoms with Gasteiger partial charge < -0.3 is 10.0 Å². The molecule has 1 N–H and O–H groups in total. The third kappa shape index (κ3) is 4.66. The summed E-state index contributed by atoms with van der Waals surface area (Å²) in [6, 6.07) is 2.09. The van der Waals surface area contributed by atoms with E-state index in [1.807, 2.05) is 0 Å². The van der Waals surface area contributed by atoms with Crippen LogP contribution in [0.15, 0.2) is 35.6 Å². The van der Waals surface area contributed by atoms with Gasteiger partial charge in [-0.1, -0.05) is 17.5 Å². The molecular formula is C19H19ClF3N5O3S. The number of sulfonamides is 1. The van der Waals surface area contributed by atoms with Crippen LogP contribution in [0.25, 0.3) is 0 Å². The second-order valence-electron chi connectivity index (χ2n) is 7.12. The summed E-state index contributed by atoms with van der Waals surface area (Å²) in [4.78, 5) is 13.3. The zero-order valence-electron chi connectivity index (χ0n) is 17.0. The summed E-state index contributed by atoms with van der Waals surface area (Å²) in [5.41, 5.74) is -3.61. The normalized spacial score (nSPS) is 19.7. The average molecular weight is 490 g/mol. The first-order valence-corrected chi connectivity index (χ1v) is 11.1. The molecule has 1 aliphatic heterocycles. The molecule has 8 nitrogen and oxygen atoms in total. The van der Waals surface area contributed by atoms with E-state index in [0.29, 0.717) is 6.92 Å². The van der Waals surface area contributed by atoms with Gasteiger partial charge in [-0.3, -0.25) is 0 Å². The van der Waals surface area contributed by atoms with Crippen molar-refractivity contribution >= 4 is 27.6 Å². The molecule has 1 fully saturated rings. The molecule has 2 atom stereocenters. The zero-order valence-corrected chi connectivity index (χ0v) is 18.6. The second kappa shape index (κ2) is 8.82. The molecule has 3 rings (SSSR count). The van der Waals surface area contributed by atoms with E-state index in [2.05, 4.69) is 26.8 Å². The van der Waals surface area contributed by atoms with Gasteiger partial charge in [-0.2, -0.15) is 17.5 Å². The molecule has 0 aliphatic carbocycles. The summed E-state index contributed by atoms with van der Waals surface area (Å²) in [6.45, 7) is 2.40. The fraction of sp³-hybridized carbons (Fsp3) is 0.421. The first-order chi connectivity index (χ1) is 14.9. The van der Waals surface area contributed by atoms with Gasteiger partial charge >= 0.3 is 6.18 Å². The van der Waals surface area contributed by atoms with Gasteiger partial charge in [0.2, 0.25) is 16.0 Å². The van der Waals surface area contributed by atoms with Crippen LogP contribution >= 0.6 is 11.6 Å². The van der Waals surface area contributed by atoms with Crippen molar-refractivity contribution in [3.8, 4) is 11.8 Å². The molecule has 13 heteroatoms. The fourth-order valence-corrected chi connectivity index (χ4v) is 4.55. The lowest BCUT2D eigenvalue weighted by Crippen LogP contribution is -2.54. The highest BCUT2D eigenvalue weighted by atomic mass is 35.5. The predicted octanol–water partition coefficient (Wildman–Crippen LogP) is 2.20. The number of aromatic nitrogens is 3. The molecule has 0 saturated carbocycles. The third-order valence-corrected chi connectivity index (χ3v) is 7.07. The summed E-state index contributed by atoms with van der Waals surface area (Å²) in [5.74, 6) is 5.69. The Kier molecular flexibility index (Phi) is 6.67. The van der Waals surface area contributed by atoms with Crippen molar-refractivity contribution in [2.45, 2.75) is 36.6 Å². The Morgan fingerprint density at radius 2 is 1.81 bits per heavy atom. The Morgan fingerprint density at radius 1 is 1.16 bits per heavy atom. The largest absolute Gasteiger partial charge is 0.421 e. The van der Waals surface area contributed by atoms with E-state index in [4.69, 9.17) is 11.6 Å². The fourth-order valence-electron chi connectivity index (χ4n) is 3.05. The maximum Gasteiger partial charge on any atom is 0.421 e. The van der Waals surface area contributed by atoms with Crippen molar-refractivity contribution in [2.75, 3.05) is 24.5 Å². The van der Waals surface area contributed by atoms with Gasteiger partial charge in [-0.25, -0.2) is 23.4 Å². The highest BCUT2D eigenvalue weighted by Crippen LogP contribution is 2.38. The van der Waals surface area contributed by atoms with E-state index in [0.717, 1.165) is 12.4 Å². The molecule has 1 aliphatic rings. The van der Waals surface area contributed by atoms with Gasteiger partial charge in [0, 0.05) is 43.8 Å². The van der Waals surface area contributed by atoms with Gasteiger partial charge in [-0.15, -0.1) is 5.92 Å². The molecule has 0 bridgehead atoms. The lowest BCUT2D eigenvalue weighted by molar-refractivity contribution is -0.259. The number of pyridine rings is 1. The average Bonchev–Trinajstić information content (AvgIpc) is 2.73. The van der Waals surface area contributed by atoms with E-state index in [1.165, 1.54) is 22.6 Å². The molecule has 2 aromatic heterocycles. The second-order valence-corrected chi connectivity index (χ2v) is 9.45. The van der Waals surface area contributed by atoms with Gasteiger partial charge in [0.25, 0.3) is 0 Å². The minimum atomic E-state index is -4.90. The van der Waals surface area contributed by atoms with Crippen LogP contribution in [0, 0.1) is 11.8 Å². The molecule has 0 spiro atoms. The number of rotatable bonds is 4. The number of nitrogens with zero attached hydrogens (tertiary/aromatic N) is 5. The lowest BCUT2D eigenvalue weighted by Gasteiger charge is -2.38. The van der Waals surface area contributed by atoms with Crippen LogP contribution in [-0.2, 0) is 15.6 Å². The van der Waals surface area contributed by atoms with Crippen LogP contribution in [-0.4, -0.2) is 64.6 Å². The summed E-state index contributed by atoms with van der Waals surface area (Å²) in [7, 11) is -3.86. The van der Waals surface area contributed by atoms with Crippen LogP contribution in [0.3, 0.4) is 0 Å². The number of anilines is 1. The minimum Gasteiger partial charge on any atom is -0.376 e. The summed E-state index contributed by atoms with van der Waals surface area (Å²) >= 11 is 5.73.